The van der Waals surface area contributed by atoms with Crippen LogP contribution in [-0.2, 0) is 9.53 Å². The quantitative estimate of drug-likeness (QED) is 0.918. The van der Waals surface area contributed by atoms with Gasteiger partial charge in [-0.15, -0.1) is 0 Å². The molecule has 1 aromatic heterocycles. The molecule has 0 spiro atoms. The lowest BCUT2D eigenvalue weighted by Gasteiger charge is -2.36. The lowest BCUT2D eigenvalue weighted by molar-refractivity contribution is -0.124. The second-order valence-electron chi connectivity index (χ2n) is 5.90. The number of aromatic nitrogens is 1. The van der Waals surface area contributed by atoms with Gasteiger partial charge >= 0.3 is 0 Å². The maximum absolute atomic E-state index is 12.4. The number of aryl methyl sites for hydroxylation is 1. The Balaban J connectivity index is 1.62. The van der Waals surface area contributed by atoms with E-state index < -0.39 is 0 Å². The Morgan fingerprint density at radius 2 is 2.17 bits per heavy atom. The van der Waals surface area contributed by atoms with Gasteiger partial charge in [0.2, 0.25) is 11.8 Å². The summed E-state index contributed by atoms with van der Waals surface area (Å²) in [6.07, 6.45) is -0.0706. The number of carbonyl (C=O) groups excluding carboxylic acids is 1. The first kappa shape index (κ1) is 17.0. The molecule has 1 aromatic carbocycles. The fraction of sp³-hybridized carbons (Fsp3) is 0.412. The van der Waals surface area contributed by atoms with Gasteiger partial charge < -0.3 is 9.26 Å². The third-order valence-electron chi connectivity index (χ3n) is 4.14. The Bertz CT molecular complexity index is 701. The van der Waals surface area contributed by atoms with Crippen molar-refractivity contribution < 1.29 is 14.1 Å². The highest BCUT2D eigenvalue weighted by Crippen LogP contribution is 2.25. The highest BCUT2D eigenvalue weighted by molar-refractivity contribution is 6.30. The molecular formula is C17H20ClN3O3. The van der Waals surface area contributed by atoms with E-state index in [1.165, 1.54) is 0 Å². The minimum absolute atomic E-state index is 0.0706. The van der Waals surface area contributed by atoms with Crippen LogP contribution in [0.15, 0.2) is 34.9 Å². The van der Waals surface area contributed by atoms with Crippen molar-refractivity contribution in [2.75, 3.05) is 25.0 Å². The molecule has 0 radical (unpaired) electrons. The van der Waals surface area contributed by atoms with E-state index in [-0.39, 0.29) is 18.1 Å². The number of nitrogens with one attached hydrogen (secondary N) is 1. The number of amides is 1. The molecule has 1 fully saturated rings. The van der Waals surface area contributed by atoms with E-state index in [1.807, 2.05) is 31.2 Å². The summed E-state index contributed by atoms with van der Waals surface area (Å²) >= 11 is 5.93. The summed E-state index contributed by atoms with van der Waals surface area (Å²) in [4.78, 5) is 14.5. The molecule has 1 N–H and O–H groups in total. The fourth-order valence-electron chi connectivity index (χ4n) is 2.71. The van der Waals surface area contributed by atoms with Gasteiger partial charge in [-0.3, -0.25) is 15.0 Å². The third kappa shape index (κ3) is 3.95. The van der Waals surface area contributed by atoms with Crippen molar-refractivity contribution in [3.63, 3.8) is 0 Å². The van der Waals surface area contributed by atoms with Crippen molar-refractivity contribution in [1.82, 2.24) is 10.1 Å². The van der Waals surface area contributed by atoms with Crippen molar-refractivity contribution in [3.8, 4) is 0 Å². The smallest absolute Gasteiger partial charge is 0.243 e. The van der Waals surface area contributed by atoms with Crippen LogP contribution >= 0.6 is 11.6 Å². The predicted octanol–water partition coefficient (Wildman–Crippen LogP) is 3.04. The fourth-order valence-corrected chi connectivity index (χ4v) is 2.84. The third-order valence-corrected chi connectivity index (χ3v) is 4.39. The molecule has 128 valence electrons. The maximum atomic E-state index is 12.4. The molecule has 0 saturated carbocycles. The lowest BCUT2D eigenvalue weighted by Crippen LogP contribution is -2.48. The SMILES string of the molecule is Cc1cc(NC(=O)C(C)N2CCOC(c3ccc(Cl)cc3)C2)on1. The first-order chi connectivity index (χ1) is 11.5. The van der Waals surface area contributed by atoms with Crippen molar-refractivity contribution in [2.24, 2.45) is 0 Å². The Morgan fingerprint density at radius 3 is 2.83 bits per heavy atom. The van der Waals surface area contributed by atoms with Crippen molar-refractivity contribution >= 4 is 23.4 Å². The highest BCUT2D eigenvalue weighted by Gasteiger charge is 2.29. The highest BCUT2D eigenvalue weighted by atomic mass is 35.5. The molecule has 2 unspecified atom stereocenters. The van der Waals surface area contributed by atoms with Crippen molar-refractivity contribution in [1.29, 1.82) is 0 Å². The van der Waals surface area contributed by atoms with Crippen molar-refractivity contribution in [2.45, 2.75) is 26.0 Å². The van der Waals surface area contributed by atoms with Gasteiger partial charge in [0.05, 0.1) is 24.4 Å². The molecule has 1 saturated heterocycles. The molecule has 2 heterocycles. The van der Waals surface area contributed by atoms with Gasteiger partial charge in [0, 0.05) is 24.2 Å². The van der Waals surface area contributed by atoms with E-state index in [9.17, 15) is 4.79 Å². The Labute approximate surface area is 145 Å². The number of halogens is 1. The summed E-state index contributed by atoms with van der Waals surface area (Å²) in [5, 5.41) is 7.22. The molecule has 2 atom stereocenters. The molecule has 24 heavy (non-hydrogen) atoms. The van der Waals surface area contributed by atoms with Crippen LogP contribution < -0.4 is 5.32 Å². The largest absolute Gasteiger partial charge is 0.371 e. The molecule has 3 rings (SSSR count). The number of carbonyl (C=O) groups is 1. The van der Waals surface area contributed by atoms with Crippen LogP contribution in [0, 0.1) is 6.92 Å². The Morgan fingerprint density at radius 1 is 1.42 bits per heavy atom. The number of anilines is 1. The van der Waals surface area contributed by atoms with E-state index in [0.717, 1.165) is 11.3 Å². The van der Waals surface area contributed by atoms with Gasteiger partial charge in [0.25, 0.3) is 0 Å². The van der Waals surface area contributed by atoms with Crippen LogP contribution in [0.4, 0.5) is 5.88 Å². The Kier molecular flexibility index (Phi) is 5.18. The lowest BCUT2D eigenvalue weighted by atomic mass is 10.1. The minimum Gasteiger partial charge on any atom is -0.371 e. The van der Waals surface area contributed by atoms with Gasteiger partial charge in [-0.1, -0.05) is 28.9 Å². The zero-order chi connectivity index (χ0) is 17.1. The molecular weight excluding hydrogens is 330 g/mol. The van der Waals surface area contributed by atoms with Crippen LogP contribution in [0.25, 0.3) is 0 Å². The van der Waals surface area contributed by atoms with Gasteiger partial charge in [-0.2, -0.15) is 0 Å². The minimum atomic E-state index is -0.297. The van der Waals surface area contributed by atoms with Crippen LogP contribution in [0.2, 0.25) is 5.02 Å². The van der Waals surface area contributed by atoms with E-state index in [2.05, 4.69) is 15.4 Å². The zero-order valence-corrected chi connectivity index (χ0v) is 14.4. The number of hydrogen-bond donors (Lipinski definition) is 1. The van der Waals surface area contributed by atoms with Gasteiger partial charge in [-0.05, 0) is 31.5 Å². The molecule has 0 bridgehead atoms. The van der Waals surface area contributed by atoms with Crippen LogP contribution in [-0.4, -0.2) is 41.7 Å². The van der Waals surface area contributed by atoms with Gasteiger partial charge in [-0.25, -0.2) is 0 Å². The molecule has 2 aromatic rings. The topological polar surface area (TPSA) is 67.6 Å². The molecule has 1 aliphatic heterocycles. The Hall–Kier alpha value is -1.89. The van der Waals surface area contributed by atoms with Crippen LogP contribution in [0.3, 0.4) is 0 Å². The summed E-state index contributed by atoms with van der Waals surface area (Å²) in [6.45, 7) is 5.61. The zero-order valence-electron chi connectivity index (χ0n) is 13.7. The molecule has 6 nitrogen and oxygen atoms in total. The summed E-state index contributed by atoms with van der Waals surface area (Å²) in [7, 11) is 0. The number of benzene rings is 1. The van der Waals surface area contributed by atoms with Gasteiger partial charge in [0.15, 0.2) is 0 Å². The number of morpholine rings is 1. The number of hydrogen-bond acceptors (Lipinski definition) is 5. The molecule has 1 amide bonds. The first-order valence-corrected chi connectivity index (χ1v) is 8.26. The monoisotopic (exact) mass is 349 g/mol. The summed E-state index contributed by atoms with van der Waals surface area (Å²) in [5.74, 6) is 0.245. The average molecular weight is 350 g/mol. The molecule has 1 aliphatic rings. The summed E-state index contributed by atoms with van der Waals surface area (Å²) in [6, 6.07) is 9.01. The number of nitrogens with zero attached hydrogens (tertiary/aromatic N) is 2. The van der Waals surface area contributed by atoms with Crippen molar-refractivity contribution in [3.05, 3.63) is 46.6 Å². The van der Waals surface area contributed by atoms with E-state index in [1.54, 1.807) is 13.0 Å². The molecule has 7 heteroatoms. The summed E-state index contributed by atoms with van der Waals surface area (Å²) in [5.41, 5.74) is 1.79. The standard InChI is InChI=1S/C17H20ClN3O3/c1-11-9-16(24-20-11)19-17(22)12(2)21-7-8-23-15(10-21)13-3-5-14(18)6-4-13/h3-6,9,12,15H,7-8,10H2,1-2H3,(H,19,22). The first-order valence-electron chi connectivity index (χ1n) is 7.88. The second kappa shape index (κ2) is 7.34. The normalized spacial score (nSPS) is 19.9. The van der Waals surface area contributed by atoms with Gasteiger partial charge in [0.1, 0.15) is 0 Å². The number of rotatable bonds is 4. The van der Waals surface area contributed by atoms with E-state index in [0.29, 0.717) is 30.6 Å². The van der Waals surface area contributed by atoms with E-state index >= 15 is 0 Å². The van der Waals surface area contributed by atoms with Crippen LogP contribution in [0.5, 0.6) is 0 Å². The number of ether oxygens (including phenoxy) is 1. The second-order valence-corrected chi connectivity index (χ2v) is 6.34. The summed E-state index contributed by atoms with van der Waals surface area (Å²) < 4.78 is 10.9. The maximum Gasteiger partial charge on any atom is 0.243 e. The predicted molar refractivity (Wildman–Crippen MR) is 91.0 cm³/mol. The van der Waals surface area contributed by atoms with Crippen LogP contribution in [0.1, 0.15) is 24.3 Å². The molecule has 0 aliphatic carbocycles. The average Bonchev–Trinajstić information content (AvgIpc) is 3.00. The van der Waals surface area contributed by atoms with E-state index in [4.69, 9.17) is 20.9 Å².